The van der Waals surface area contributed by atoms with Crippen LogP contribution in [0.2, 0.25) is 0 Å². The predicted molar refractivity (Wildman–Crippen MR) is 126 cm³/mol. The molecule has 0 amide bonds. The number of halogens is 1. The lowest BCUT2D eigenvalue weighted by Gasteiger charge is -2.16. The standard InChI is InChI=1S/C22H29N5O4.ClH/c1-22(2,3)17-11-18(31-26-17)27(4)21-24-12-14(20(23)25-21)8-13-9-15(28-5)19(30-7)16(10-13)29-6;/h9-12H,8H2,1-7H3,(H2,23,24,25);1H. The number of methoxy groups -OCH3 is 3. The van der Waals surface area contributed by atoms with Crippen molar-refractivity contribution in [3.05, 3.63) is 41.2 Å². The molecule has 0 saturated carbocycles. The lowest BCUT2D eigenvalue weighted by Crippen LogP contribution is -2.15. The van der Waals surface area contributed by atoms with E-state index >= 15 is 0 Å². The minimum absolute atomic E-state index is 0. The topological polar surface area (TPSA) is 109 Å². The highest BCUT2D eigenvalue weighted by molar-refractivity contribution is 5.85. The molecule has 0 aliphatic rings. The highest BCUT2D eigenvalue weighted by Gasteiger charge is 2.22. The molecular formula is C22H30ClN5O4. The van der Waals surface area contributed by atoms with Gasteiger partial charge in [-0.05, 0) is 17.7 Å². The van der Waals surface area contributed by atoms with Gasteiger partial charge in [0.2, 0.25) is 17.6 Å². The van der Waals surface area contributed by atoms with Crippen LogP contribution in [0.25, 0.3) is 0 Å². The summed E-state index contributed by atoms with van der Waals surface area (Å²) < 4.78 is 21.7. The summed E-state index contributed by atoms with van der Waals surface area (Å²) in [5, 5.41) is 4.14. The molecule has 2 aromatic heterocycles. The largest absolute Gasteiger partial charge is 0.493 e. The average molecular weight is 464 g/mol. The maximum atomic E-state index is 6.25. The third-order valence-corrected chi connectivity index (χ3v) is 4.90. The number of aromatic nitrogens is 3. The quantitative estimate of drug-likeness (QED) is 0.552. The van der Waals surface area contributed by atoms with Gasteiger partial charge in [-0.25, -0.2) is 4.98 Å². The first-order valence-corrected chi connectivity index (χ1v) is 9.79. The molecule has 9 nitrogen and oxygen atoms in total. The fourth-order valence-corrected chi connectivity index (χ4v) is 3.04. The van der Waals surface area contributed by atoms with E-state index in [1.165, 1.54) is 0 Å². The molecule has 0 spiro atoms. The van der Waals surface area contributed by atoms with Crippen LogP contribution in [0.4, 0.5) is 17.7 Å². The maximum absolute atomic E-state index is 6.25. The van der Waals surface area contributed by atoms with E-state index in [4.69, 9.17) is 24.5 Å². The number of ether oxygens (including phenoxy) is 3. The van der Waals surface area contributed by atoms with E-state index in [9.17, 15) is 0 Å². The summed E-state index contributed by atoms with van der Waals surface area (Å²) in [4.78, 5) is 10.6. The summed E-state index contributed by atoms with van der Waals surface area (Å²) in [7, 11) is 6.54. The van der Waals surface area contributed by atoms with Crippen molar-refractivity contribution in [3.8, 4) is 17.2 Å². The first-order valence-electron chi connectivity index (χ1n) is 9.79. The van der Waals surface area contributed by atoms with Crippen molar-refractivity contribution in [1.82, 2.24) is 15.1 Å². The fourth-order valence-electron chi connectivity index (χ4n) is 3.04. The van der Waals surface area contributed by atoms with Gasteiger partial charge in [-0.1, -0.05) is 25.9 Å². The summed E-state index contributed by atoms with van der Waals surface area (Å²) in [6, 6.07) is 5.64. The molecule has 0 unspecified atom stereocenters. The maximum Gasteiger partial charge on any atom is 0.234 e. The Bertz CT molecular complexity index is 1040. The van der Waals surface area contributed by atoms with Crippen LogP contribution in [0, 0.1) is 0 Å². The minimum Gasteiger partial charge on any atom is -0.493 e. The molecule has 1 aromatic carbocycles. The fraction of sp³-hybridized carbons (Fsp3) is 0.409. The molecule has 2 heterocycles. The second kappa shape index (κ2) is 9.95. The van der Waals surface area contributed by atoms with Gasteiger partial charge in [-0.2, -0.15) is 4.98 Å². The van der Waals surface area contributed by atoms with Crippen LogP contribution < -0.4 is 24.8 Å². The van der Waals surface area contributed by atoms with Crippen molar-refractivity contribution in [2.24, 2.45) is 0 Å². The summed E-state index contributed by atoms with van der Waals surface area (Å²) in [5.74, 6) is 3.03. The number of anilines is 3. The van der Waals surface area contributed by atoms with Gasteiger partial charge in [-0.3, -0.25) is 4.90 Å². The lowest BCUT2D eigenvalue weighted by molar-refractivity contribution is 0.324. The van der Waals surface area contributed by atoms with E-state index < -0.39 is 0 Å². The van der Waals surface area contributed by atoms with Crippen LogP contribution in [0.15, 0.2) is 28.9 Å². The average Bonchev–Trinajstić information content (AvgIpc) is 3.24. The normalized spacial score (nSPS) is 11.0. The lowest BCUT2D eigenvalue weighted by atomic mass is 9.92. The second-order valence-electron chi connectivity index (χ2n) is 8.15. The Morgan fingerprint density at radius 1 is 1.03 bits per heavy atom. The second-order valence-corrected chi connectivity index (χ2v) is 8.15. The molecule has 0 aliphatic carbocycles. The summed E-state index contributed by atoms with van der Waals surface area (Å²) in [5.41, 5.74) is 8.68. The molecule has 0 aliphatic heterocycles. The molecule has 0 fully saturated rings. The molecule has 2 N–H and O–H groups in total. The zero-order valence-electron chi connectivity index (χ0n) is 19.4. The van der Waals surface area contributed by atoms with Crippen LogP contribution in [-0.2, 0) is 11.8 Å². The molecular weight excluding hydrogens is 434 g/mol. The Morgan fingerprint density at radius 2 is 1.66 bits per heavy atom. The molecule has 0 radical (unpaired) electrons. The van der Waals surface area contributed by atoms with Gasteiger partial charge in [0.25, 0.3) is 0 Å². The highest BCUT2D eigenvalue weighted by atomic mass is 35.5. The van der Waals surface area contributed by atoms with Gasteiger partial charge in [0, 0.05) is 36.7 Å². The van der Waals surface area contributed by atoms with Crippen molar-refractivity contribution in [3.63, 3.8) is 0 Å². The number of nitrogen functional groups attached to an aromatic ring is 1. The predicted octanol–water partition coefficient (Wildman–Crippen LogP) is 4.15. The summed E-state index contributed by atoms with van der Waals surface area (Å²) in [6.07, 6.45) is 2.21. The number of hydrogen-bond donors (Lipinski definition) is 1. The molecule has 3 rings (SSSR count). The summed E-state index contributed by atoms with van der Waals surface area (Å²) >= 11 is 0. The number of nitrogens with zero attached hydrogens (tertiary/aromatic N) is 4. The number of benzene rings is 1. The zero-order valence-corrected chi connectivity index (χ0v) is 20.2. The Hall–Kier alpha value is -3.20. The van der Waals surface area contributed by atoms with Crippen molar-refractivity contribution in [1.29, 1.82) is 0 Å². The van der Waals surface area contributed by atoms with Gasteiger partial charge in [0.15, 0.2) is 11.5 Å². The number of rotatable bonds is 7. The molecule has 3 aromatic rings. The number of hydrogen-bond acceptors (Lipinski definition) is 9. The Balaban J connectivity index is 0.00000363. The highest BCUT2D eigenvalue weighted by Crippen LogP contribution is 2.39. The monoisotopic (exact) mass is 463 g/mol. The third-order valence-electron chi connectivity index (χ3n) is 4.90. The first kappa shape index (κ1) is 25.1. The van der Waals surface area contributed by atoms with Gasteiger partial charge < -0.3 is 24.5 Å². The van der Waals surface area contributed by atoms with Gasteiger partial charge in [0.05, 0.1) is 27.0 Å². The van der Waals surface area contributed by atoms with Crippen LogP contribution in [0.3, 0.4) is 0 Å². The Kier molecular flexibility index (Phi) is 7.79. The molecule has 32 heavy (non-hydrogen) atoms. The van der Waals surface area contributed by atoms with Crippen LogP contribution >= 0.6 is 12.4 Å². The Morgan fingerprint density at radius 3 is 2.12 bits per heavy atom. The zero-order chi connectivity index (χ0) is 22.8. The molecule has 10 heteroatoms. The number of nitrogens with two attached hydrogens (primary N) is 1. The summed E-state index contributed by atoms with van der Waals surface area (Å²) in [6.45, 7) is 6.21. The van der Waals surface area contributed by atoms with E-state index in [2.05, 4.69) is 35.9 Å². The Labute approximate surface area is 194 Å². The van der Waals surface area contributed by atoms with Crippen molar-refractivity contribution < 1.29 is 18.7 Å². The molecule has 0 saturated heterocycles. The van der Waals surface area contributed by atoms with Crippen molar-refractivity contribution in [2.45, 2.75) is 32.6 Å². The molecule has 0 atom stereocenters. The van der Waals surface area contributed by atoms with Crippen molar-refractivity contribution >= 4 is 30.1 Å². The SMILES string of the molecule is COc1cc(Cc2cnc(N(C)c3cc(C(C)(C)C)no3)nc2N)cc(OC)c1OC.Cl. The van der Waals surface area contributed by atoms with E-state index in [-0.39, 0.29) is 17.8 Å². The molecule has 0 bridgehead atoms. The first-order chi connectivity index (χ1) is 14.7. The molecule has 174 valence electrons. The van der Waals surface area contributed by atoms with E-state index in [1.54, 1.807) is 39.5 Å². The third kappa shape index (κ3) is 5.16. The van der Waals surface area contributed by atoms with Crippen LogP contribution in [0.5, 0.6) is 17.2 Å². The van der Waals surface area contributed by atoms with E-state index in [0.29, 0.717) is 41.3 Å². The minimum atomic E-state index is -0.118. The van der Waals surface area contributed by atoms with Crippen LogP contribution in [0.1, 0.15) is 37.6 Å². The van der Waals surface area contributed by atoms with Gasteiger partial charge in [-0.15, -0.1) is 12.4 Å². The van der Waals surface area contributed by atoms with E-state index in [1.807, 2.05) is 18.2 Å². The van der Waals surface area contributed by atoms with Gasteiger partial charge >= 0.3 is 0 Å². The van der Waals surface area contributed by atoms with E-state index in [0.717, 1.165) is 16.8 Å². The smallest absolute Gasteiger partial charge is 0.234 e. The van der Waals surface area contributed by atoms with Crippen LogP contribution in [-0.4, -0.2) is 43.5 Å². The van der Waals surface area contributed by atoms with Gasteiger partial charge in [0.1, 0.15) is 5.82 Å². The van der Waals surface area contributed by atoms with Crippen molar-refractivity contribution in [2.75, 3.05) is 39.0 Å².